The monoisotopic (exact) mass is 207 g/mol. The van der Waals surface area contributed by atoms with Crippen molar-refractivity contribution >= 4 is 5.91 Å². The molecule has 1 rings (SSSR count). The van der Waals surface area contributed by atoms with Gasteiger partial charge in [0.15, 0.2) is 0 Å². The third-order valence-corrected chi connectivity index (χ3v) is 1.78. The Morgan fingerprint density at radius 2 is 2.47 bits per heavy atom. The van der Waals surface area contributed by atoms with Gasteiger partial charge in [0, 0.05) is 13.0 Å². The van der Waals surface area contributed by atoms with Gasteiger partial charge < -0.3 is 15.1 Å². The molecule has 0 saturated carbocycles. The molecule has 0 aliphatic rings. The van der Waals surface area contributed by atoms with E-state index in [1.54, 1.807) is 6.26 Å². The van der Waals surface area contributed by atoms with Crippen LogP contribution < -0.4 is 10.6 Å². The average Bonchev–Trinajstić information content (AvgIpc) is 2.74. The lowest BCUT2D eigenvalue weighted by Crippen LogP contribution is -2.34. The molecule has 5 nitrogen and oxygen atoms in total. The number of hydrogen-bond donors (Lipinski definition) is 2. The van der Waals surface area contributed by atoms with E-state index in [1.807, 2.05) is 18.2 Å². The Hall–Kier alpha value is -1.80. The molecule has 2 N–H and O–H groups in total. The summed E-state index contributed by atoms with van der Waals surface area (Å²) in [6, 6.07) is 5.55. The van der Waals surface area contributed by atoms with Crippen LogP contribution in [-0.4, -0.2) is 25.5 Å². The number of carbonyl (C=O) groups is 1. The van der Waals surface area contributed by atoms with Crippen molar-refractivity contribution in [2.24, 2.45) is 0 Å². The number of nitriles is 1. The van der Waals surface area contributed by atoms with Gasteiger partial charge >= 0.3 is 0 Å². The Labute approximate surface area is 88.1 Å². The lowest BCUT2D eigenvalue weighted by Gasteiger charge is -2.02. The zero-order valence-electron chi connectivity index (χ0n) is 8.32. The van der Waals surface area contributed by atoms with Crippen LogP contribution in [0.25, 0.3) is 0 Å². The van der Waals surface area contributed by atoms with Gasteiger partial charge in [0.25, 0.3) is 0 Å². The highest BCUT2D eigenvalue weighted by atomic mass is 16.3. The first-order chi connectivity index (χ1) is 7.33. The van der Waals surface area contributed by atoms with E-state index in [1.165, 1.54) is 0 Å². The number of rotatable bonds is 6. The van der Waals surface area contributed by atoms with Crippen molar-refractivity contribution in [3.8, 4) is 6.07 Å². The fourth-order valence-corrected chi connectivity index (χ4v) is 1.07. The first-order valence-electron chi connectivity index (χ1n) is 4.69. The molecule has 0 unspecified atom stereocenters. The molecular formula is C10H13N3O2. The highest BCUT2D eigenvalue weighted by Gasteiger charge is 1.99. The summed E-state index contributed by atoms with van der Waals surface area (Å²) in [6.45, 7) is 0.953. The van der Waals surface area contributed by atoms with E-state index in [2.05, 4.69) is 10.6 Å². The molecule has 0 aliphatic heterocycles. The van der Waals surface area contributed by atoms with E-state index in [-0.39, 0.29) is 19.0 Å². The minimum Gasteiger partial charge on any atom is -0.469 e. The summed E-state index contributed by atoms with van der Waals surface area (Å²) in [7, 11) is 0. The fraction of sp³-hybridized carbons (Fsp3) is 0.400. The Morgan fingerprint density at radius 3 is 3.13 bits per heavy atom. The predicted octanol–water partition coefficient (Wildman–Crippen LogP) is 0.0515. The zero-order valence-corrected chi connectivity index (χ0v) is 8.32. The fourth-order valence-electron chi connectivity index (χ4n) is 1.07. The van der Waals surface area contributed by atoms with Gasteiger partial charge in [-0.1, -0.05) is 0 Å². The first kappa shape index (κ1) is 11.3. The topological polar surface area (TPSA) is 78.1 Å². The van der Waals surface area contributed by atoms with Crippen LogP contribution in [0.3, 0.4) is 0 Å². The molecule has 1 aromatic heterocycles. The molecule has 0 aliphatic carbocycles. The van der Waals surface area contributed by atoms with Crippen molar-refractivity contribution in [3.63, 3.8) is 0 Å². The largest absolute Gasteiger partial charge is 0.469 e. The number of amides is 1. The van der Waals surface area contributed by atoms with Crippen LogP contribution in [0.15, 0.2) is 22.8 Å². The van der Waals surface area contributed by atoms with Crippen molar-refractivity contribution in [3.05, 3.63) is 24.2 Å². The summed E-state index contributed by atoms with van der Waals surface area (Å²) in [5, 5.41) is 13.6. The summed E-state index contributed by atoms with van der Waals surface area (Å²) in [5.74, 6) is 0.718. The molecule has 1 amide bonds. The number of nitrogens with one attached hydrogen (secondary N) is 2. The summed E-state index contributed by atoms with van der Waals surface area (Å²) < 4.78 is 5.12. The third kappa shape index (κ3) is 4.84. The molecule has 1 aromatic rings. The van der Waals surface area contributed by atoms with Crippen LogP contribution in [0.2, 0.25) is 0 Å². The Morgan fingerprint density at radius 1 is 1.60 bits per heavy atom. The van der Waals surface area contributed by atoms with Crippen molar-refractivity contribution < 1.29 is 9.21 Å². The predicted molar refractivity (Wildman–Crippen MR) is 53.9 cm³/mol. The number of nitrogens with zero attached hydrogens (tertiary/aromatic N) is 1. The maximum atomic E-state index is 11.0. The van der Waals surface area contributed by atoms with Gasteiger partial charge in [0.05, 0.1) is 18.9 Å². The molecule has 0 radical (unpaired) electrons. The summed E-state index contributed by atoms with van der Waals surface area (Å²) >= 11 is 0. The molecule has 0 spiro atoms. The second-order valence-corrected chi connectivity index (χ2v) is 2.94. The normalized spacial score (nSPS) is 9.53. The van der Waals surface area contributed by atoms with Gasteiger partial charge in [-0.05, 0) is 12.1 Å². The SMILES string of the molecule is N#CCNC(=O)CNCCc1ccco1. The lowest BCUT2D eigenvalue weighted by atomic mass is 10.3. The Bertz CT molecular complexity index is 327. The van der Waals surface area contributed by atoms with E-state index in [0.29, 0.717) is 6.54 Å². The average molecular weight is 207 g/mol. The van der Waals surface area contributed by atoms with Crippen molar-refractivity contribution in [2.45, 2.75) is 6.42 Å². The molecule has 5 heteroatoms. The highest BCUT2D eigenvalue weighted by Crippen LogP contribution is 1.98. The van der Waals surface area contributed by atoms with E-state index in [9.17, 15) is 4.79 Å². The van der Waals surface area contributed by atoms with E-state index < -0.39 is 0 Å². The van der Waals surface area contributed by atoms with Crippen molar-refractivity contribution in [1.82, 2.24) is 10.6 Å². The van der Waals surface area contributed by atoms with Gasteiger partial charge in [0.2, 0.25) is 5.91 Å². The maximum Gasteiger partial charge on any atom is 0.234 e. The highest BCUT2D eigenvalue weighted by molar-refractivity contribution is 5.78. The van der Waals surface area contributed by atoms with Gasteiger partial charge in [-0.25, -0.2) is 0 Å². The second kappa shape index (κ2) is 6.62. The summed E-state index contributed by atoms with van der Waals surface area (Å²) in [6.07, 6.45) is 2.37. The van der Waals surface area contributed by atoms with Gasteiger partial charge in [-0.3, -0.25) is 4.79 Å². The molecule has 80 valence electrons. The van der Waals surface area contributed by atoms with Crippen LogP contribution in [0.5, 0.6) is 0 Å². The van der Waals surface area contributed by atoms with Crippen LogP contribution in [-0.2, 0) is 11.2 Å². The molecule has 0 atom stereocenters. The van der Waals surface area contributed by atoms with E-state index in [0.717, 1.165) is 12.2 Å². The zero-order chi connectivity index (χ0) is 10.9. The van der Waals surface area contributed by atoms with Crippen LogP contribution in [0.1, 0.15) is 5.76 Å². The van der Waals surface area contributed by atoms with Crippen molar-refractivity contribution in [2.75, 3.05) is 19.6 Å². The van der Waals surface area contributed by atoms with E-state index in [4.69, 9.17) is 9.68 Å². The molecule has 1 heterocycles. The molecule has 0 aromatic carbocycles. The minimum absolute atomic E-state index is 0.0543. The van der Waals surface area contributed by atoms with Crippen LogP contribution >= 0.6 is 0 Å². The second-order valence-electron chi connectivity index (χ2n) is 2.94. The van der Waals surface area contributed by atoms with Crippen molar-refractivity contribution in [1.29, 1.82) is 5.26 Å². The molecule has 0 saturated heterocycles. The first-order valence-corrected chi connectivity index (χ1v) is 4.69. The summed E-state index contributed by atoms with van der Waals surface area (Å²) in [4.78, 5) is 11.0. The Balaban J connectivity index is 2.02. The molecule has 0 bridgehead atoms. The molecule has 15 heavy (non-hydrogen) atoms. The van der Waals surface area contributed by atoms with Gasteiger partial charge in [-0.15, -0.1) is 0 Å². The molecular weight excluding hydrogens is 194 g/mol. The quantitative estimate of drug-likeness (QED) is 0.510. The standard InChI is InChI=1S/C10H13N3O2/c11-4-6-13-10(14)8-12-5-3-9-2-1-7-15-9/h1-2,7,12H,3,5-6,8H2,(H,13,14). The lowest BCUT2D eigenvalue weighted by molar-refractivity contribution is -0.120. The Kier molecular flexibility index (Phi) is 4.98. The third-order valence-electron chi connectivity index (χ3n) is 1.78. The minimum atomic E-state index is -0.170. The van der Waals surface area contributed by atoms with Gasteiger partial charge in [0.1, 0.15) is 12.3 Å². The van der Waals surface area contributed by atoms with Gasteiger partial charge in [-0.2, -0.15) is 5.26 Å². The maximum absolute atomic E-state index is 11.0. The summed E-state index contributed by atoms with van der Waals surface area (Å²) in [5.41, 5.74) is 0. The van der Waals surface area contributed by atoms with Crippen LogP contribution in [0, 0.1) is 11.3 Å². The van der Waals surface area contributed by atoms with E-state index >= 15 is 0 Å². The molecule has 0 fully saturated rings. The number of hydrogen-bond acceptors (Lipinski definition) is 4. The smallest absolute Gasteiger partial charge is 0.234 e. The van der Waals surface area contributed by atoms with Crippen LogP contribution in [0.4, 0.5) is 0 Å². The number of furan rings is 1. The number of carbonyl (C=O) groups excluding carboxylic acids is 1.